The van der Waals surface area contributed by atoms with Gasteiger partial charge in [0.25, 0.3) is 0 Å². The fourth-order valence-electron chi connectivity index (χ4n) is 1.90. The first-order valence-corrected chi connectivity index (χ1v) is 8.77. The first-order valence-electron chi connectivity index (χ1n) is 6.95. The first kappa shape index (κ1) is 16.7. The Hall–Kier alpha value is -1.36. The summed E-state index contributed by atoms with van der Waals surface area (Å²) in [6.45, 7) is 4.27. The zero-order chi connectivity index (χ0) is 15.0. The van der Waals surface area contributed by atoms with Gasteiger partial charge in [0.05, 0.1) is 17.9 Å². The van der Waals surface area contributed by atoms with Crippen molar-refractivity contribution in [1.29, 1.82) is 0 Å². The summed E-state index contributed by atoms with van der Waals surface area (Å²) >= 11 is 0. The Kier molecular flexibility index (Phi) is 6.71. The van der Waals surface area contributed by atoms with Gasteiger partial charge in [0.1, 0.15) is 11.5 Å². The molecule has 5 heteroatoms. The molecule has 0 spiro atoms. The normalized spacial score (nSPS) is 11.3. The molecule has 0 unspecified atom stereocenters. The van der Waals surface area contributed by atoms with Crippen molar-refractivity contribution in [3.8, 4) is 5.75 Å². The van der Waals surface area contributed by atoms with E-state index in [1.165, 1.54) is 0 Å². The maximum absolute atomic E-state index is 12.1. The van der Waals surface area contributed by atoms with Crippen LogP contribution in [0.15, 0.2) is 24.3 Å². The number of benzene rings is 1. The Morgan fingerprint density at radius 3 is 2.50 bits per heavy atom. The molecule has 4 nitrogen and oxygen atoms in total. The number of ketones is 1. The molecule has 0 aromatic heterocycles. The van der Waals surface area contributed by atoms with E-state index in [1.54, 1.807) is 24.3 Å². The second kappa shape index (κ2) is 8.04. The highest BCUT2D eigenvalue weighted by atomic mass is 32.2. The van der Waals surface area contributed by atoms with Crippen molar-refractivity contribution >= 4 is 15.6 Å². The number of hydrogen-bond donors (Lipinski definition) is 0. The molecule has 0 radical (unpaired) electrons. The smallest absolute Gasteiger partial charge is 0.181 e. The predicted octanol–water partition coefficient (Wildman–Crippen LogP) is 2.87. The van der Waals surface area contributed by atoms with Crippen molar-refractivity contribution in [3.63, 3.8) is 0 Å². The number of rotatable bonds is 9. The molecule has 0 aliphatic carbocycles. The van der Waals surface area contributed by atoms with Gasteiger partial charge in [0.15, 0.2) is 15.6 Å². The Morgan fingerprint density at radius 2 is 1.85 bits per heavy atom. The fourth-order valence-corrected chi connectivity index (χ4v) is 3.24. The minimum atomic E-state index is -3.34. The second-order valence-corrected chi connectivity index (χ2v) is 6.84. The maximum atomic E-state index is 12.1. The summed E-state index contributed by atoms with van der Waals surface area (Å²) in [7, 11) is -3.34. The van der Waals surface area contributed by atoms with Crippen LogP contribution in [0.4, 0.5) is 0 Å². The summed E-state index contributed by atoms with van der Waals surface area (Å²) in [5.74, 6) is -0.321. The van der Waals surface area contributed by atoms with Gasteiger partial charge in [0, 0.05) is 0 Å². The Labute approximate surface area is 121 Å². The number of unbranched alkanes of at least 4 members (excludes halogenated alkanes) is 2. The summed E-state index contributed by atoms with van der Waals surface area (Å²) < 4.78 is 29.1. The highest BCUT2D eigenvalue weighted by Crippen LogP contribution is 2.19. The van der Waals surface area contributed by atoms with Crippen molar-refractivity contribution in [2.24, 2.45) is 0 Å². The molecule has 112 valence electrons. The monoisotopic (exact) mass is 298 g/mol. The average molecular weight is 298 g/mol. The molecule has 0 aliphatic rings. The van der Waals surface area contributed by atoms with Crippen LogP contribution in [-0.2, 0) is 9.84 Å². The molecular formula is C15H22O4S. The van der Waals surface area contributed by atoms with Crippen LogP contribution in [0, 0.1) is 0 Å². The van der Waals surface area contributed by atoms with Crippen LogP contribution in [0.3, 0.4) is 0 Å². The van der Waals surface area contributed by atoms with Crippen molar-refractivity contribution in [2.45, 2.75) is 33.1 Å². The lowest BCUT2D eigenvalue weighted by Crippen LogP contribution is -2.19. The third kappa shape index (κ3) is 5.33. The molecule has 0 heterocycles. The van der Waals surface area contributed by atoms with Crippen LogP contribution in [0.25, 0.3) is 0 Å². The van der Waals surface area contributed by atoms with E-state index in [-0.39, 0.29) is 5.75 Å². The summed E-state index contributed by atoms with van der Waals surface area (Å²) in [6, 6.07) is 6.76. The lowest BCUT2D eigenvalue weighted by molar-refractivity contribution is 0.101. The van der Waals surface area contributed by atoms with E-state index in [0.29, 0.717) is 24.3 Å². The van der Waals surface area contributed by atoms with E-state index in [2.05, 4.69) is 0 Å². The number of carbonyl (C=O) groups is 1. The fraction of sp³-hybridized carbons (Fsp3) is 0.533. The molecule has 0 atom stereocenters. The molecule has 0 fully saturated rings. The average Bonchev–Trinajstić information content (AvgIpc) is 2.39. The molecule has 1 aromatic carbocycles. The zero-order valence-corrected chi connectivity index (χ0v) is 12.9. The number of carbonyl (C=O) groups excluding carboxylic acids is 1. The van der Waals surface area contributed by atoms with Crippen molar-refractivity contribution in [2.75, 3.05) is 18.1 Å². The Balaban J connectivity index is 2.76. The van der Waals surface area contributed by atoms with E-state index in [4.69, 9.17) is 4.74 Å². The highest BCUT2D eigenvalue weighted by molar-refractivity contribution is 7.92. The van der Waals surface area contributed by atoms with E-state index in [1.807, 2.05) is 13.8 Å². The molecule has 20 heavy (non-hydrogen) atoms. The zero-order valence-electron chi connectivity index (χ0n) is 12.1. The summed E-state index contributed by atoms with van der Waals surface area (Å²) in [5, 5.41) is 0. The van der Waals surface area contributed by atoms with Gasteiger partial charge in [-0.1, -0.05) is 31.9 Å². The predicted molar refractivity (Wildman–Crippen MR) is 80.1 cm³/mol. The van der Waals surface area contributed by atoms with Gasteiger partial charge in [0.2, 0.25) is 0 Å². The minimum Gasteiger partial charge on any atom is -0.493 e. The van der Waals surface area contributed by atoms with Crippen molar-refractivity contribution in [3.05, 3.63) is 29.8 Å². The second-order valence-electron chi connectivity index (χ2n) is 4.65. The van der Waals surface area contributed by atoms with Gasteiger partial charge in [-0.25, -0.2) is 8.42 Å². The summed E-state index contributed by atoms with van der Waals surface area (Å²) in [4.78, 5) is 12.1. The van der Waals surface area contributed by atoms with Gasteiger partial charge >= 0.3 is 0 Å². The minimum absolute atomic E-state index is 0.0728. The molecule has 0 bridgehead atoms. The van der Waals surface area contributed by atoms with Gasteiger partial charge in [-0.05, 0) is 25.5 Å². The number of ether oxygens (including phenoxy) is 1. The third-order valence-corrected chi connectivity index (χ3v) is 4.51. The van der Waals surface area contributed by atoms with Crippen molar-refractivity contribution < 1.29 is 17.9 Å². The van der Waals surface area contributed by atoms with E-state index < -0.39 is 21.4 Å². The van der Waals surface area contributed by atoms with Crippen LogP contribution in [0.1, 0.15) is 43.5 Å². The molecule has 0 aliphatic heterocycles. The first-order chi connectivity index (χ1) is 9.50. The molecule has 0 amide bonds. The lowest BCUT2D eigenvalue weighted by atomic mass is 10.1. The van der Waals surface area contributed by atoms with Crippen LogP contribution in [-0.4, -0.2) is 32.3 Å². The molecule has 0 N–H and O–H groups in total. The standard InChI is InChI=1S/C15H22O4S/c1-3-5-8-11-20(17,18)12-14(16)13-9-6-7-10-15(13)19-4-2/h6-7,9-10H,3-5,8,11-12H2,1-2H3. The summed E-state index contributed by atoms with van der Waals surface area (Å²) in [6.07, 6.45) is 2.43. The SMILES string of the molecule is CCCCCS(=O)(=O)CC(=O)c1ccccc1OCC. The number of Topliss-reactive ketones (excluding diaryl/α,β-unsaturated/α-hetero) is 1. The van der Waals surface area contributed by atoms with Crippen molar-refractivity contribution in [1.82, 2.24) is 0 Å². The van der Waals surface area contributed by atoms with Crippen LogP contribution < -0.4 is 4.74 Å². The lowest BCUT2D eigenvalue weighted by Gasteiger charge is -2.09. The van der Waals surface area contributed by atoms with Gasteiger partial charge in [-0.3, -0.25) is 4.79 Å². The third-order valence-electron chi connectivity index (χ3n) is 2.90. The van der Waals surface area contributed by atoms with Crippen LogP contribution in [0.2, 0.25) is 0 Å². The van der Waals surface area contributed by atoms with Crippen LogP contribution in [0.5, 0.6) is 5.75 Å². The van der Waals surface area contributed by atoms with Gasteiger partial charge in [-0.2, -0.15) is 0 Å². The molecule has 0 saturated carbocycles. The van der Waals surface area contributed by atoms with Gasteiger partial charge in [-0.15, -0.1) is 0 Å². The molecule has 1 aromatic rings. The Morgan fingerprint density at radius 1 is 1.15 bits per heavy atom. The van der Waals surface area contributed by atoms with Gasteiger partial charge < -0.3 is 4.74 Å². The summed E-state index contributed by atoms with van der Waals surface area (Å²) in [5.41, 5.74) is 0.341. The van der Waals surface area contributed by atoms with E-state index in [0.717, 1.165) is 12.8 Å². The Bertz CT molecular complexity index is 535. The highest BCUT2D eigenvalue weighted by Gasteiger charge is 2.20. The number of sulfone groups is 1. The number of hydrogen-bond acceptors (Lipinski definition) is 4. The molecular weight excluding hydrogens is 276 g/mol. The van der Waals surface area contributed by atoms with Crippen LogP contribution >= 0.6 is 0 Å². The molecule has 0 saturated heterocycles. The quantitative estimate of drug-likeness (QED) is 0.519. The molecule has 1 rings (SSSR count). The number of para-hydroxylation sites is 1. The maximum Gasteiger partial charge on any atom is 0.181 e. The van der Waals surface area contributed by atoms with E-state index >= 15 is 0 Å². The largest absolute Gasteiger partial charge is 0.493 e. The van der Waals surface area contributed by atoms with E-state index in [9.17, 15) is 13.2 Å². The topological polar surface area (TPSA) is 60.4 Å².